The standard InChI is InChI=1S/C15H24N2O/c1-5-6-12(16)13(18)17-10-15(4)8-11(17)7-14(2,3)9-15/h1,11-12H,6-10,16H2,2-4H3. The number of carbonyl (C=O) groups excluding carboxylic acids is 1. The highest BCUT2D eigenvalue weighted by molar-refractivity contribution is 5.82. The fourth-order valence-electron chi connectivity index (χ4n) is 4.14. The maximum absolute atomic E-state index is 12.3. The van der Waals surface area contributed by atoms with E-state index in [4.69, 9.17) is 12.2 Å². The Kier molecular flexibility index (Phi) is 3.19. The molecule has 0 radical (unpaired) electrons. The van der Waals surface area contributed by atoms with Crippen LogP contribution in [0, 0.1) is 23.2 Å². The summed E-state index contributed by atoms with van der Waals surface area (Å²) in [5.41, 5.74) is 6.45. The van der Waals surface area contributed by atoms with E-state index in [0.717, 1.165) is 19.4 Å². The molecular weight excluding hydrogens is 224 g/mol. The summed E-state index contributed by atoms with van der Waals surface area (Å²) in [6, 6.07) is -0.170. The summed E-state index contributed by atoms with van der Waals surface area (Å²) in [6.07, 6.45) is 8.96. The van der Waals surface area contributed by atoms with Crippen LogP contribution in [0.1, 0.15) is 46.5 Å². The highest BCUT2D eigenvalue weighted by Crippen LogP contribution is 2.52. The van der Waals surface area contributed by atoms with Crippen molar-refractivity contribution in [2.75, 3.05) is 6.54 Å². The van der Waals surface area contributed by atoms with Crippen molar-refractivity contribution in [2.45, 2.75) is 58.5 Å². The number of nitrogens with zero attached hydrogens (tertiary/aromatic N) is 1. The van der Waals surface area contributed by atoms with E-state index in [-0.39, 0.29) is 11.3 Å². The number of hydrogen-bond acceptors (Lipinski definition) is 2. The first-order chi connectivity index (χ1) is 8.26. The van der Waals surface area contributed by atoms with Crippen molar-refractivity contribution < 1.29 is 4.79 Å². The van der Waals surface area contributed by atoms with Gasteiger partial charge in [0.05, 0.1) is 6.04 Å². The molecule has 1 saturated carbocycles. The number of amides is 1. The predicted molar refractivity (Wildman–Crippen MR) is 72.7 cm³/mol. The second-order valence-corrected chi connectivity index (χ2v) is 7.19. The van der Waals surface area contributed by atoms with Crippen molar-refractivity contribution >= 4 is 5.91 Å². The smallest absolute Gasteiger partial charge is 0.240 e. The molecule has 0 aromatic rings. The van der Waals surface area contributed by atoms with Crippen LogP contribution in [0.4, 0.5) is 0 Å². The lowest BCUT2D eigenvalue weighted by Gasteiger charge is -2.39. The monoisotopic (exact) mass is 248 g/mol. The average molecular weight is 248 g/mol. The average Bonchev–Trinajstić information content (AvgIpc) is 2.47. The third-order valence-corrected chi connectivity index (χ3v) is 4.35. The summed E-state index contributed by atoms with van der Waals surface area (Å²) in [7, 11) is 0. The quantitative estimate of drug-likeness (QED) is 0.757. The number of hydrogen-bond donors (Lipinski definition) is 1. The second-order valence-electron chi connectivity index (χ2n) is 7.19. The molecule has 2 N–H and O–H groups in total. The zero-order valence-electron chi connectivity index (χ0n) is 11.7. The van der Waals surface area contributed by atoms with Gasteiger partial charge in [0.25, 0.3) is 0 Å². The second kappa shape index (κ2) is 4.28. The molecule has 100 valence electrons. The number of carbonyl (C=O) groups is 1. The van der Waals surface area contributed by atoms with Gasteiger partial charge >= 0.3 is 0 Å². The fourth-order valence-corrected chi connectivity index (χ4v) is 4.14. The molecule has 3 heteroatoms. The largest absolute Gasteiger partial charge is 0.338 e. The zero-order valence-corrected chi connectivity index (χ0v) is 11.7. The number of rotatable bonds is 2. The van der Waals surface area contributed by atoms with Gasteiger partial charge in [0, 0.05) is 19.0 Å². The van der Waals surface area contributed by atoms with Crippen molar-refractivity contribution in [3.8, 4) is 12.3 Å². The predicted octanol–water partition coefficient (Wildman–Crippen LogP) is 1.76. The Morgan fingerprint density at radius 2 is 2.17 bits per heavy atom. The van der Waals surface area contributed by atoms with Crippen LogP contribution >= 0.6 is 0 Å². The number of fused-ring (bicyclic) bond motifs is 2. The van der Waals surface area contributed by atoms with Crippen LogP contribution in [0.3, 0.4) is 0 Å². The summed E-state index contributed by atoms with van der Waals surface area (Å²) in [4.78, 5) is 14.3. The third-order valence-electron chi connectivity index (χ3n) is 4.35. The minimum Gasteiger partial charge on any atom is -0.338 e. The third kappa shape index (κ3) is 2.40. The van der Waals surface area contributed by atoms with E-state index in [1.54, 1.807) is 0 Å². The Hall–Kier alpha value is -1.01. The minimum atomic E-state index is -0.527. The van der Waals surface area contributed by atoms with Crippen LogP contribution < -0.4 is 5.73 Å². The minimum absolute atomic E-state index is 0.0411. The lowest BCUT2D eigenvalue weighted by Crippen LogP contribution is -2.46. The molecule has 3 atom stereocenters. The van der Waals surface area contributed by atoms with Crippen LogP contribution in [-0.2, 0) is 4.79 Å². The molecule has 1 saturated heterocycles. The molecule has 18 heavy (non-hydrogen) atoms. The van der Waals surface area contributed by atoms with Gasteiger partial charge in [0.2, 0.25) is 5.91 Å². The normalized spacial score (nSPS) is 35.1. The molecule has 2 aliphatic rings. The number of likely N-dealkylation sites (tertiary alicyclic amines) is 1. The lowest BCUT2D eigenvalue weighted by molar-refractivity contribution is -0.133. The van der Waals surface area contributed by atoms with Crippen molar-refractivity contribution in [1.29, 1.82) is 0 Å². The van der Waals surface area contributed by atoms with Crippen LogP contribution in [0.25, 0.3) is 0 Å². The van der Waals surface area contributed by atoms with Crippen LogP contribution in [0.5, 0.6) is 0 Å². The summed E-state index contributed by atoms with van der Waals surface area (Å²) in [5.74, 6) is 2.53. The van der Waals surface area contributed by atoms with Gasteiger partial charge in [-0.25, -0.2) is 0 Å². The lowest BCUT2D eigenvalue weighted by atomic mass is 9.65. The van der Waals surface area contributed by atoms with Gasteiger partial charge in [0.1, 0.15) is 0 Å². The first-order valence-corrected chi connectivity index (χ1v) is 6.76. The van der Waals surface area contributed by atoms with Crippen LogP contribution in [-0.4, -0.2) is 29.4 Å². The van der Waals surface area contributed by atoms with Crippen molar-refractivity contribution in [1.82, 2.24) is 4.90 Å². The molecule has 2 bridgehead atoms. The maximum atomic E-state index is 12.3. The molecule has 1 heterocycles. The van der Waals surface area contributed by atoms with E-state index >= 15 is 0 Å². The number of nitrogens with two attached hydrogens (primary N) is 1. The Labute approximate surface area is 110 Å². The van der Waals surface area contributed by atoms with Crippen LogP contribution in [0.2, 0.25) is 0 Å². The first-order valence-electron chi connectivity index (χ1n) is 6.76. The molecule has 1 amide bonds. The topological polar surface area (TPSA) is 46.3 Å². The van der Waals surface area contributed by atoms with Gasteiger partial charge in [-0.3, -0.25) is 4.79 Å². The molecule has 1 aliphatic heterocycles. The molecule has 0 spiro atoms. The Balaban J connectivity index is 2.14. The molecule has 1 aliphatic carbocycles. The van der Waals surface area contributed by atoms with E-state index in [1.165, 1.54) is 6.42 Å². The molecule has 2 fully saturated rings. The van der Waals surface area contributed by atoms with E-state index in [9.17, 15) is 4.79 Å². The summed E-state index contributed by atoms with van der Waals surface area (Å²) < 4.78 is 0. The van der Waals surface area contributed by atoms with Crippen LogP contribution in [0.15, 0.2) is 0 Å². The molecule has 2 rings (SSSR count). The Morgan fingerprint density at radius 3 is 2.78 bits per heavy atom. The molecular formula is C15H24N2O. The number of terminal acetylenes is 1. The summed E-state index contributed by atoms with van der Waals surface area (Å²) in [6.45, 7) is 7.73. The first kappa shape index (κ1) is 13.4. The van der Waals surface area contributed by atoms with Gasteiger partial charge < -0.3 is 10.6 Å². The molecule has 0 aromatic heterocycles. The highest BCUT2D eigenvalue weighted by Gasteiger charge is 2.51. The Morgan fingerprint density at radius 1 is 1.50 bits per heavy atom. The van der Waals surface area contributed by atoms with E-state index < -0.39 is 6.04 Å². The van der Waals surface area contributed by atoms with Gasteiger partial charge in [0.15, 0.2) is 0 Å². The SMILES string of the molecule is C#CCC(N)C(=O)N1CC2(C)CC1CC(C)(C)C2. The highest BCUT2D eigenvalue weighted by atomic mass is 16.2. The molecule has 0 aromatic carbocycles. The Bertz CT molecular complexity index is 396. The molecule has 3 nitrogen and oxygen atoms in total. The van der Waals surface area contributed by atoms with E-state index in [2.05, 4.69) is 26.7 Å². The fraction of sp³-hybridized carbons (Fsp3) is 0.800. The van der Waals surface area contributed by atoms with Gasteiger partial charge in [-0.15, -0.1) is 12.3 Å². The van der Waals surface area contributed by atoms with Crippen molar-refractivity contribution in [2.24, 2.45) is 16.6 Å². The van der Waals surface area contributed by atoms with Crippen molar-refractivity contribution in [3.63, 3.8) is 0 Å². The van der Waals surface area contributed by atoms with E-state index in [1.807, 2.05) is 4.90 Å². The van der Waals surface area contributed by atoms with Gasteiger partial charge in [-0.2, -0.15) is 0 Å². The summed E-state index contributed by atoms with van der Waals surface area (Å²) in [5, 5.41) is 0. The van der Waals surface area contributed by atoms with E-state index in [0.29, 0.717) is 17.9 Å². The molecule has 3 unspecified atom stereocenters. The van der Waals surface area contributed by atoms with Gasteiger partial charge in [-0.1, -0.05) is 20.8 Å². The summed E-state index contributed by atoms with van der Waals surface area (Å²) >= 11 is 0. The zero-order chi connectivity index (χ0) is 13.6. The van der Waals surface area contributed by atoms with Gasteiger partial charge in [-0.05, 0) is 30.1 Å². The van der Waals surface area contributed by atoms with Crippen molar-refractivity contribution in [3.05, 3.63) is 0 Å². The maximum Gasteiger partial charge on any atom is 0.240 e.